The number of hydrogen-bond acceptors (Lipinski definition) is 7. The predicted molar refractivity (Wildman–Crippen MR) is 109 cm³/mol. The topological polar surface area (TPSA) is 81.6 Å². The fraction of sp³-hybridized carbons (Fsp3) is 0.476. The van der Waals surface area contributed by atoms with Crippen molar-refractivity contribution >= 4 is 17.5 Å². The first-order valence-electron chi connectivity index (χ1n) is 9.94. The summed E-state index contributed by atoms with van der Waals surface area (Å²) in [6, 6.07) is 10.2. The van der Waals surface area contributed by atoms with Crippen molar-refractivity contribution in [2.24, 2.45) is 0 Å². The Bertz CT molecular complexity index is 834. The van der Waals surface area contributed by atoms with Crippen molar-refractivity contribution in [3.05, 3.63) is 47.2 Å². The lowest BCUT2D eigenvalue weighted by Crippen LogP contribution is -2.48. The van der Waals surface area contributed by atoms with Crippen LogP contribution >= 0.6 is 0 Å². The Kier molecular flexibility index (Phi) is 5.54. The van der Waals surface area contributed by atoms with Crippen molar-refractivity contribution < 1.29 is 9.90 Å². The van der Waals surface area contributed by atoms with Crippen LogP contribution in [0, 0.1) is 0 Å². The Hall–Kier alpha value is -2.51. The van der Waals surface area contributed by atoms with E-state index in [0.717, 1.165) is 38.3 Å². The van der Waals surface area contributed by atoms with E-state index < -0.39 is 0 Å². The number of anilines is 2. The molecule has 1 atom stereocenters. The second kappa shape index (κ2) is 8.24. The maximum atomic E-state index is 12.9. The van der Waals surface area contributed by atoms with Crippen LogP contribution in [-0.4, -0.2) is 72.1 Å². The highest BCUT2D eigenvalue weighted by Gasteiger charge is 2.32. The fourth-order valence-corrected chi connectivity index (χ4v) is 4.16. The van der Waals surface area contributed by atoms with Crippen molar-refractivity contribution in [1.29, 1.82) is 0 Å². The van der Waals surface area contributed by atoms with Crippen molar-refractivity contribution in [1.82, 2.24) is 14.9 Å². The molecule has 7 heteroatoms. The minimum Gasteiger partial charge on any atom is -0.395 e. The molecule has 28 heavy (non-hydrogen) atoms. The van der Waals surface area contributed by atoms with Crippen LogP contribution in [0.25, 0.3) is 0 Å². The number of piperazine rings is 1. The van der Waals surface area contributed by atoms with Crippen LogP contribution in [0.3, 0.4) is 0 Å². The van der Waals surface area contributed by atoms with E-state index in [1.165, 1.54) is 5.56 Å². The standard InChI is InChI=1S/C21H27N5O2/c1-22-20-19-17(13-16(14-18(19)28)15-5-3-2-4-6-15)23-21(24-20)26-9-7-25(8-10-26)11-12-27/h2-6,16,27H,7-14H2,1H3,(H,22,23,24)/t16-/m0/s1. The maximum Gasteiger partial charge on any atom is 0.227 e. The zero-order valence-electron chi connectivity index (χ0n) is 16.3. The largest absolute Gasteiger partial charge is 0.395 e. The summed E-state index contributed by atoms with van der Waals surface area (Å²) in [4.78, 5) is 26.8. The second-order valence-electron chi connectivity index (χ2n) is 7.44. The molecule has 1 saturated heterocycles. The molecule has 1 aromatic carbocycles. The summed E-state index contributed by atoms with van der Waals surface area (Å²) in [5.74, 6) is 1.59. The molecule has 148 valence electrons. The molecule has 4 rings (SSSR count). The minimum absolute atomic E-state index is 0.110. The average molecular weight is 381 g/mol. The third-order valence-corrected chi connectivity index (χ3v) is 5.70. The van der Waals surface area contributed by atoms with E-state index in [1.54, 1.807) is 0 Å². The highest BCUT2D eigenvalue weighted by atomic mass is 16.3. The molecule has 7 nitrogen and oxygen atoms in total. The van der Waals surface area contributed by atoms with E-state index in [2.05, 4.69) is 32.2 Å². The lowest BCUT2D eigenvalue weighted by atomic mass is 9.82. The van der Waals surface area contributed by atoms with Gasteiger partial charge in [-0.3, -0.25) is 9.69 Å². The number of hydrogen-bond donors (Lipinski definition) is 2. The molecule has 1 aliphatic heterocycles. The van der Waals surface area contributed by atoms with Gasteiger partial charge in [-0.05, 0) is 17.9 Å². The molecule has 2 heterocycles. The van der Waals surface area contributed by atoms with Gasteiger partial charge in [0.2, 0.25) is 5.95 Å². The normalized spacial score (nSPS) is 20.1. The van der Waals surface area contributed by atoms with Crippen LogP contribution < -0.4 is 10.2 Å². The Morgan fingerprint density at radius 3 is 2.54 bits per heavy atom. The van der Waals surface area contributed by atoms with Crippen molar-refractivity contribution in [3.63, 3.8) is 0 Å². The van der Waals surface area contributed by atoms with Gasteiger partial charge in [0.25, 0.3) is 0 Å². The molecule has 0 bridgehead atoms. The van der Waals surface area contributed by atoms with Crippen LogP contribution in [0.4, 0.5) is 11.8 Å². The van der Waals surface area contributed by atoms with Gasteiger partial charge in [-0.2, -0.15) is 4.98 Å². The van der Waals surface area contributed by atoms with Gasteiger partial charge >= 0.3 is 0 Å². The molecule has 0 amide bonds. The third kappa shape index (κ3) is 3.72. The summed E-state index contributed by atoms with van der Waals surface area (Å²) in [6.45, 7) is 4.27. The lowest BCUT2D eigenvalue weighted by Gasteiger charge is -2.35. The molecule has 2 N–H and O–H groups in total. The van der Waals surface area contributed by atoms with Crippen molar-refractivity contribution in [2.75, 3.05) is 56.6 Å². The average Bonchev–Trinajstić information content (AvgIpc) is 2.74. The number of carbonyl (C=O) groups is 1. The number of β-amino-alcohol motifs (C(OH)–C–C–N with tert-alkyl or cyclic N) is 1. The molecule has 1 aliphatic carbocycles. The van der Waals surface area contributed by atoms with Gasteiger partial charge < -0.3 is 15.3 Å². The lowest BCUT2D eigenvalue weighted by molar-refractivity contribution is 0.0963. The molecular weight excluding hydrogens is 354 g/mol. The first kappa shape index (κ1) is 18.8. The van der Waals surface area contributed by atoms with Gasteiger partial charge in [-0.15, -0.1) is 0 Å². The SMILES string of the molecule is CNc1nc(N2CCN(CCO)CC2)nc2c1C(=O)C[C@@H](c1ccccc1)C2. The van der Waals surface area contributed by atoms with E-state index >= 15 is 0 Å². The van der Waals surface area contributed by atoms with E-state index in [9.17, 15) is 4.79 Å². The Balaban J connectivity index is 1.61. The van der Waals surface area contributed by atoms with Gasteiger partial charge in [0.15, 0.2) is 5.78 Å². The monoisotopic (exact) mass is 381 g/mol. The third-order valence-electron chi connectivity index (χ3n) is 5.70. The molecule has 0 spiro atoms. The van der Waals surface area contributed by atoms with Crippen LogP contribution in [0.15, 0.2) is 30.3 Å². The Morgan fingerprint density at radius 2 is 1.86 bits per heavy atom. The number of Topliss-reactive ketones (excluding diaryl/α,β-unsaturated/α-hetero) is 1. The molecule has 1 aromatic heterocycles. The number of nitrogens with one attached hydrogen (secondary N) is 1. The summed E-state index contributed by atoms with van der Waals surface area (Å²) in [5.41, 5.74) is 2.68. The fourth-order valence-electron chi connectivity index (χ4n) is 4.16. The van der Waals surface area contributed by atoms with E-state index in [0.29, 0.717) is 30.3 Å². The highest BCUT2D eigenvalue weighted by Crippen LogP contribution is 2.35. The second-order valence-corrected chi connectivity index (χ2v) is 7.44. The zero-order valence-corrected chi connectivity index (χ0v) is 16.3. The number of aliphatic hydroxyl groups excluding tert-OH is 1. The first-order chi connectivity index (χ1) is 13.7. The van der Waals surface area contributed by atoms with Gasteiger partial charge in [0.1, 0.15) is 5.82 Å². The molecule has 2 aliphatic rings. The van der Waals surface area contributed by atoms with Crippen LogP contribution in [0.1, 0.15) is 34.0 Å². The summed E-state index contributed by atoms with van der Waals surface area (Å²) in [7, 11) is 1.81. The number of nitrogens with zero attached hydrogens (tertiary/aromatic N) is 4. The molecule has 2 aromatic rings. The first-order valence-corrected chi connectivity index (χ1v) is 9.94. The van der Waals surface area contributed by atoms with E-state index in [-0.39, 0.29) is 18.3 Å². The number of ketones is 1. The number of rotatable bonds is 5. The van der Waals surface area contributed by atoms with Crippen molar-refractivity contribution in [2.45, 2.75) is 18.8 Å². The molecule has 0 saturated carbocycles. The summed E-state index contributed by atoms with van der Waals surface area (Å²) in [5, 5.41) is 12.2. The van der Waals surface area contributed by atoms with Gasteiger partial charge in [-0.1, -0.05) is 30.3 Å². The number of fused-ring (bicyclic) bond motifs is 1. The molecule has 0 radical (unpaired) electrons. The van der Waals surface area contributed by atoms with E-state index in [4.69, 9.17) is 10.1 Å². The van der Waals surface area contributed by atoms with Gasteiger partial charge in [-0.25, -0.2) is 4.98 Å². The Morgan fingerprint density at radius 1 is 1.11 bits per heavy atom. The minimum atomic E-state index is 0.110. The number of aromatic nitrogens is 2. The van der Waals surface area contributed by atoms with E-state index in [1.807, 2.05) is 25.2 Å². The number of carbonyl (C=O) groups excluding carboxylic acids is 1. The number of benzene rings is 1. The molecule has 1 fully saturated rings. The molecule has 0 unspecified atom stereocenters. The Labute approximate surface area is 165 Å². The van der Waals surface area contributed by atoms with Gasteiger partial charge in [0.05, 0.1) is 17.9 Å². The molecular formula is C21H27N5O2. The maximum absolute atomic E-state index is 12.9. The summed E-state index contributed by atoms with van der Waals surface area (Å²) < 4.78 is 0. The van der Waals surface area contributed by atoms with Crippen LogP contribution in [-0.2, 0) is 6.42 Å². The van der Waals surface area contributed by atoms with Crippen LogP contribution in [0.5, 0.6) is 0 Å². The predicted octanol–water partition coefficient (Wildman–Crippen LogP) is 1.55. The quantitative estimate of drug-likeness (QED) is 0.813. The number of aliphatic hydroxyl groups is 1. The van der Waals surface area contributed by atoms with Gasteiger partial charge in [0, 0.05) is 46.2 Å². The highest BCUT2D eigenvalue weighted by molar-refractivity contribution is 6.03. The van der Waals surface area contributed by atoms with Crippen molar-refractivity contribution in [3.8, 4) is 0 Å². The summed E-state index contributed by atoms with van der Waals surface area (Å²) in [6.07, 6.45) is 1.24. The zero-order chi connectivity index (χ0) is 19.5. The smallest absolute Gasteiger partial charge is 0.227 e. The van der Waals surface area contributed by atoms with Crippen LogP contribution in [0.2, 0.25) is 0 Å². The summed E-state index contributed by atoms with van der Waals surface area (Å²) >= 11 is 0.